The van der Waals surface area contributed by atoms with Gasteiger partial charge in [0, 0.05) is 6.20 Å². The van der Waals surface area contributed by atoms with Crippen LogP contribution in [0.2, 0.25) is 0 Å². The van der Waals surface area contributed by atoms with Crippen LogP contribution in [0.25, 0.3) is 0 Å². The van der Waals surface area contributed by atoms with Gasteiger partial charge < -0.3 is 9.47 Å². The Kier molecular flexibility index (Phi) is 3.47. The first-order valence-corrected chi connectivity index (χ1v) is 6.44. The van der Waals surface area contributed by atoms with E-state index in [0.29, 0.717) is 24.6 Å². The van der Waals surface area contributed by atoms with Crippen molar-refractivity contribution in [1.82, 2.24) is 4.98 Å². The Hall–Kier alpha value is -1.30. The van der Waals surface area contributed by atoms with Gasteiger partial charge in [0.05, 0.1) is 17.2 Å². The number of anilines is 1. The lowest BCUT2D eigenvalue weighted by Crippen LogP contribution is -2.41. The number of hydrogen-bond acceptors (Lipinski definition) is 4. The summed E-state index contributed by atoms with van der Waals surface area (Å²) in [5.41, 5.74) is 0.111. The number of aromatic nitrogens is 1. The summed E-state index contributed by atoms with van der Waals surface area (Å²) in [6, 6.07) is 0. The van der Waals surface area contributed by atoms with Gasteiger partial charge in [-0.05, 0) is 36.7 Å². The lowest BCUT2D eigenvalue weighted by atomic mass is 10.2. The molecule has 5 nitrogen and oxygen atoms in total. The van der Waals surface area contributed by atoms with Crippen LogP contribution in [-0.2, 0) is 4.74 Å². The Morgan fingerprint density at radius 2 is 2.22 bits per heavy atom. The first kappa shape index (κ1) is 13.1. The smallest absolute Gasteiger partial charge is 0.415 e. The molecule has 0 aromatic carbocycles. The molecule has 98 valence electrons. The lowest BCUT2D eigenvalue weighted by Gasteiger charge is -2.31. The third-order valence-electron chi connectivity index (χ3n) is 2.30. The highest BCUT2D eigenvalue weighted by Gasteiger charge is 2.29. The fourth-order valence-corrected chi connectivity index (χ4v) is 2.05. The number of carbonyl (C=O) groups is 1. The first-order valence-electron chi connectivity index (χ1n) is 5.65. The van der Waals surface area contributed by atoms with Crippen LogP contribution in [0.5, 0.6) is 5.75 Å². The second-order valence-corrected chi connectivity index (χ2v) is 5.80. The van der Waals surface area contributed by atoms with Gasteiger partial charge in [0.25, 0.3) is 0 Å². The largest absolute Gasteiger partial charge is 0.488 e. The van der Waals surface area contributed by atoms with E-state index in [1.165, 1.54) is 0 Å². The summed E-state index contributed by atoms with van der Waals surface area (Å²) in [5, 5.41) is 0. The van der Waals surface area contributed by atoms with Crippen LogP contribution in [0, 0.1) is 0 Å². The van der Waals surface area contributed by atoms with Gasteiger partial charge in [-0.2, -0.15) is 0 Å². The maximum absolute atomic E-state index is 12.1. The number of amides is 1. The van der Waals surface area contributed by atoms with Gasteiger partial charge >= 0.3 is 6.09 Å². The first-order chi connectivity index (χ1) is 8.38. The maximum atomic E-state index is 12.1. The fraction of sp³-hybridized carbons (Fsp3) is 0.500. The number of rotatable bonds is 0. The molecular weight excluding hydrogens is 300 g/mol. The molecule has 2 heterocycles. The minimum atomic E-state index is -0.519. The highest BCUT2D eigenvalue weighted by atomic mass is 79.9. The summed E-state index contributed by atoms with van der Waals surface area (Å²) in [4.78, 5) is 17.7. The predicted octanol–water partition coefficient (Wildman–Crippen LogP) is 2.98. The zero-order valence-electron chi connectivity index (χ0n) is 10.6. The molecule has 2 rings (SSSR count). The average molecular weight is 315 g/mol. The summed E-state index contributed by atoms with van der Waals surface area (Å²) in [6.07, 6.45) is 2.85. The number of nitrogens with zero attached hydrogens (tertiary/aromatic N) is 2. The summed E-state index contributed by atoms with van der Waals surface area (Å²) < 4.78 is 11.6. The number of halogens is 1. The van der Waals surface area contributed by atoms with E-state index >= 15 is 0 Å². The van der Waals surface area contributed by atoms with Crippen LogP contribution < -0.4 is 9.64 Å². The third kappa shape index (κ3) is 2.75. The molecule has 18 heavy (non-hydrogen) atoms. The molecule has 0 radical (unpaired) electrons. The molecule has 6 heteroatoms. The zero-order valence-corrected chi connectivity index (χ0v) is 12.2. The molecule has 1 aliphatic rings. The van der Waals surface area contributed by atoms with Crippen molar-refractivity contribution in [1.29, 1.82) is 0 Å². The number of pyridine rings is 1. The highest BCUT2D eigenvalue weighted by molar-refractivity contribution is 9.10. The van der Waals surface area contributed by atoms with Crippen LogP contribution in [-0.4, -0.2) is 29.8 Å². The molecule has 0 fully saturated rings. The minimum absolute atomic E-state index is 0.382. The van der Waals surface area contributed by atoms with Gasteiger partial charge in [0.2, 0.25) is 0 Å². The fourth-order valence-electron chi connectivity index (χ4n) is 1.61. The molecule has 0 spiro atoms. The molecule has 1 aromatic heterocycles. The second kappa shape index (κ2) is 4.76. The number of hydrogen-bond donors (Lipinski definition) is 0. The molecule has 0 saturated heterocycles. The lowest BCUT2D eigenvalue weighted by molar-refractivity contribution is 0.0567. The van der Waals surface area contributed by atoms with Crippen molar-refractivity contribution in [3.63, 3.8) is 0 Å². The van der Waals surface area contributed by atoms with Crippen molar-refractivity contribution in [3.05, 3.63) is 16.9 Å². The van der Waals surface area contributed by atoms with E-state index in [9.17, 15) is 4.79 Å². The van der Waals surface area contributed by atoms with E-state index in [2.05, 4.69) is 20.9 Å². The molecular formula is C12H15BrN2O3. The van der Waals surface area contributed by atoms with Crippen LogP contribution in [0.1, 0.15) is 20.8 Å². The standard InChI is InChI=1S/C12H15BrN2O3/c1-12(2,3)18-11(16)15-4-5-17-10-8(13)6-14-7-9(10)15/h6-7H,4-5H2,1-3H3. The molecule has 0 atom stereocenters. The SMILES string of the molecule is CC(C)(C)OC(=O)N1CCOc2c(Br)cncc21. The number of fused-ring (bicyclic) bond motifs is 1. The monoisotopic (exact) mass is 314 g/mol. The molecule has 1 aromatic rings. The number of ether oxygens (including phenoxy) is 2. The van der Waals surface area contributed by atoms with Gasteiger partial charge in [-0.25, -0.2) is 4.79 Å². The van der Waals surface area contributed by atoms with Crippen molar-refractivity contribution in [3.8, 4) is 5.75 Å². The normalized spacial score (nSPS) is 14.8. The Morgan fingerprint density at radius 3 is 2.89 bits per heavy atom. The van der Waals surface area contributed by atoms with Gasteiger partial charge in [0.1, 0.15) is 17.9 Å². The topological polar surface area (TPSA) is 51.7 Å². The summed E-state index contributed by atoms with van der Waals surface area (Å²) in [5.74, 6) is 0.627. The van der Waals surface area contributed by atoms with E-state index in [0.717, 1.165) is 4.47 Å². The van der Waals surface area contributed by atoms with Crippen molar-refractivity contribution >= 4 is 27.7 Å². The molecule has 0 saturated carbocycles. The van der Waals surface area contributed by atoms with Crippen molar-refractivity contribution < 1.29 is 14.3 Å². The highest BCUT2D eigenvalue weighted by Crippen LogP contribution is 2.37. The zero-order chi connectivity index (χ0) is 13.3. The van der Waals surface area contributed by atoms with Gasteiger partial charge in [-0.1, -0.05) is 0 Å². The number of carbonyl (C=O) groups excluding carboxylic acids is 1. The Labute approximate surface area is 114 Å². The van der Waals surface area contributed by atoms with E-state index < -0.39 is 5.60 Å². The Morgan fingerprint density at radius 1 is 1.50 bits per heavy atom. The third-order valence-corrected chi connectivity index (χ3v) is 2.87. The summed E-state index contributed by atoms with van der Waals surface area (Å²) >= 11 is 3.35. The van der Waals surface area contributed by atoms with E-state index in [4.69, 9.17) is 9.47 Å². The van der Waals surface area contributed by atoms with E-state index in [1.807, 2.05) is 20.8 Å². The van der Waals surface area contributed by atoms with Gasteiger partial charge in [0.15, 0.2) is 5.75 Å². The van der Waals surface area contributed by atoms with E-state index in [-0.39, 0.29) is 6.09 Å². The average Bonchev–Trinajstić information content (AvgIpc) is 2.26. The second-order valence-electron chi connectivity index (χ2n) is 4.95. The van der Waals surface area contributed by atoms with Crippen LogP contribution in [0.15, 0.2) is 16.9 Å². The van der Waals surface area contributed by atoms with Crippen LogP contribution in [0.4, 0.5) is 10.5 Å². The maximum Gasteiger partial charge on any atom is 0.415 e. The van der Waals surface area contributed by atoms with Crippen LogP contribution in [0.3, 0.4) is 0 Å². The minimum Gasteiger partial charge on any atom is -0.488 e. The molecule has 0 unspecified atom stereocenters. The predicted molar refractivity (Wildman–Crippen MR) is 71.0 cm³/mol. The summed E-state index contributed by atoms with van der Waals surface area (Å²) in [7, 11) is 0. The molecule has 1 amide bonds. The molecule has 0 bridgehead atoms. The quantitative estimate of drug-likeness (QED) is 0.738. The van der Waals surface area contributed by atoms with Gasteiger partial charge in [-0.3, -0.25) is 9.88 Å². The van der Waals surface area contributed by atoms with Crippen LogP contribution >= 0.6 is 15.9 Å². The van der Waals surface area contributed by atoms with Gasteiger partial charge in [-0.15, -0.1) is 0 Å². The molecule has 0 N–H and O–H groups in total. The van der Waals surface area contributed by atoms with E-state index in [1.54, 1.807) is 17.3 Å². The molecule has 1 aliphatic heterocycles. The summed E-state index contributed by atoms with van der Waals surface area (Å²) in [6.45, 7) is 6.41. The van der Waals surface area contributed by atoms with Crippen molar-refractivity contribution in [2.24, 2.45) is 0 Å². The van der Waals surface area contributed by atoms with Crippen molar-refractivity contribution in [2.45, 2.75) is 26.4 Å². The Bertz CT molecular complexity index is 471. The Balaban J connectivity index is 2.28. The molecule has 0 aliphatic carbocycles. The van der Waals surface area contributed by atoms with Crippen molar-refractivity contribution in [2.75, 3.05) is 18.1 Å².